The third-order valence-corrected chi connectivity index (χ3v) is 3.95. The molecule has 0 radical (unpaired) electrons. The van der Waals surface area contributed by atoms with Gasteiger partial charge >= 0.3 is 0 Å². The summed E-state index contributed by atoms with van der Waals surface area (Å²) in [6.45, 7) is 10.4. The van der Waals surface area contributed by atoms with Crippen LogP contribution in [0.15, 0.2) is 0 Å². The summed E-state index contributed by atoms with van der Waals surface area (Å²) in [5, 5.41) is 0. The summed E-state index contributed by atoms with van der Waals surface area (Å²) in [5.74, 6) is 0. The largest absolute Gasteiger partial charge is 0.381 e. The van der Waals surface area contributed by atoms with Gasteiger partial charge in [-0.3, -0.25) is 4.90 Å². The summed E-state index contributed by atoms with van der Waals surface area (Å²) in [5.41, 5.74) is 0.439. The predicted molar refractivity (Wildman–Crippen MR) is 63.0 cm³/mol. The van der Waals surface area contributed by atoms with Gasteiger partial charge < -0.3 is 4.74 Å². The van der Waals surface area contributed by atoms with Crippen LogP contribution >= 0.6 is 0 Å². The van der Waals surface area contributed by atoms with Gasteiger partial charge in [0.1, 0.15) is 0 Å². The predicted octanol–water partition coefficient (Wildman–Crippen LogP) is 2.68. The first kappa shape index (κ1) is 11.4. The summed E-state index contributed by atoms with van der Waals surface area (Å²) in [6, 6.07) is 1.59. The van der Waals surface area contributed by atoms with Gasteiger partial charge in [0.05, 0.1) is 0 Å². The summed E-state index contributed by atoms with van der Waals surface area (Å²) in [7, 11) is 0. The standard InChI is InChI=1S/C13H25NO/c1-13(2,3)12-5-4-8-14(12)11-6-9-15-10-7-11/h11-12H,4-10H2,1-3H3/t12-/m0/s1. The third kappa shape index (κ3) is 2.54. The SMILES string of the molecule is CC(C)(C)[C@@H]1CCCN1C1CCOCC1. The molecular formula is C13H25NO. The Kier molecular flexibility index (Phi) is 3.36. The zero-order chi connectivity index (χ0) is 10.9. The molecule has 2 heteroatoms. The Bertz CT molecular complexity index is 203. The molecule has 0 saturated carbocycles. The van der Waals surface area contributed by atoms with Crippen LogP contribution in [0, 0.1) is 5.41 Å². The van der Waals surface area contributed by atoms with E-state index < -0.39 is 0 Å². The Hall–Kier alpha value is -0.0800. The first-order valence-corrected chi connectivity index (χ1v) is 6.42. The van der Waals surface area contributed by atoms with Gasteiger partial charge in [-0.05, 0) is 37.6 Å². The molecule has 1 atom stereocenters. The van der Waals surface area contributed by atoms with E-state index in [1.165, 1.54) is 32.2 Å². The van der Waals surface area contributed by atoms with Crippen molar-refractivity contribution in [3.8, 4) is 0 Å². The quantitative estimate of drug-likeness (QED) is 0.661. The van der Waals surface area contributed by atoms with E-state index >= 15 is 0 Å². The molecule has 0 unspecified atom stereocenters. The zero-order valence-electron chi connectivity index (χ0n) is 10.5. The Morgan fingerprint density at radius 2 is 1.73 bits per heavy atom. The van der Waals surface area contributed by atoms with Crippen molar-refractivity contribution in [3.05, 3.63) is 0 Å². The maximum absolute atomic E-state index is 5.45. The van der Waals surface area contributed by atoms with Gasteiger partial charge in [-0.1, -0.05) is 20.8 Å². The van der Waals surface area contributed by atoms with Gasteiger partial charge in [0.15, 0.2) is 0 Å². The van der Waals surface area contributed by atoms with Crippen LogP contribution in [0.3, 0.4) is 0 Å². The molecular weight excluding hydrogens is 186 g/mol. The minimum atomic E-state index is 0.439. The van der Waals surface area contributed by atoms with E-state index in [2.05, 4.69) is 25.7 Å². The number of nitrogens with zero attached hydrogens (tertiary/aromatic N) is 1. The molecule has 88 valence electrons. The second-order valence-electron chi connectivity index (χ2n) is 6.11. The zero-order valence-corrected chi connectivity index (χ0v) is 10.5. The average molecular weight is 211 g/mol. The molecule has 0 aromatic rings. The number of rotatable bonds is 1. The minimum absolute atomic E-state index is 0.439. The van der Waals surface area contributed by atoms with Crippen LogP contribution < -0.4 is 0 Å². The summed E-state index contributed by atoms with van der Waals surface area (Å²) < 4.78 is 5.45. The Labute approximate surface area is 94.0 Å². The van der Waals surface area contributed by atoms with Crippen LogP contribution in [0.1, 0.15) is 46.5 Å². The molecule has 2 fully saturated rings. The third-order valence-electron chi connectivity index (χ3n) is 3.95. The van der Waals surface area contributed by atoms with Crippen LogP contribution in [-0.4, -0.2) is 36.7 Å². The molecule has 0 spiro atoms. The molecule has 0 amide bonds. The lowest BCUT2D eigenvalue weighted by Gasteiger charge is -2.41. The van der Waals surface area contributed by atoms with E-state index in [0.717, 1.165) is 25.3 Å². The lowest BCUT2D eigenvalue weighted by Crippen LogP contribution is -2.47. The van der Waals surface area contributed by atoms with Crippen molar-refractivity contribution in [3.63, 3.8) is 0 Å². The minimum Gasteiger partial charge on any atom is -0.381 e. The van der Waals surface area contributed by atoms with Crippen molar-refractivity contribution in [2.45, 2.75) is 58.5 Å². The van der Waals surface area contributed by atoms with Crippen molar-refractivity contribution in [1.82, 2.24) is 4.90 Å². The van der Waals surface area contributed by atoms with Crippen LogP contribution in [-0.2, 0) is 4.74 Å². The van der Waals surface area contributed by atoms with Crippen molar-refractivity contribution < 1.29 is 4.74 Å². The van der Waals surface area contributed by atoms with Crippen molar-refractivity contribution in [2.75, 3.05) is 19.8 Å². The topological polar surface area (TPSA) is 12.5 Å². The van der Waals surface area contributed by atoms with Crippen molar-refractivity contribution in [1.29, 1.82) is 0 Å². The molecule has 2 heterocycles. The molecule has 15 heavy (non-hydrogen) atoms. The highest BCUT2D eigenvalue weighted by molar-refractivity contribution is 4.92. The summed E-state index contributed by atoms with van der Waals surface area (Å²) >= 11 is 0. The van der Waals surface area contributed by atoms with Crippen molar-refractivity contribution in [2.24, 2.45) is 5.41 Å². The molecule has 2 nitrogen and oxygen atoms in total. The highest BCUT2D eigenvalue weighted by Gasteiger charge is 2.37. The Morgan fingerprint density at radius 1 is 1.07 bits per heavy atom. The maximum Gasteiger partial charge on any atom is 0.0480 e. The lowest BCUT2D eigenvalue weighted by molar-refractivity contribution is 0.00975. The molecule has 0 bridgehead atoms. The van der Waals surface area contributed by atoms with E-state index in [0.29, 0.717) is 5.41 Å². The number of likely N-dealkylation sites (tertiary alicyclic amines) is 1. The van der Waals surface area contributed by atoms with Crippen molar-refractivity contribution >= 4 is 0 Å². The molecule has 0 N–H and O–H groups in total. The van der Waals surface area contributed by atoms with E-state index in [1.54, 1.807) is 0 Å². The first-order valence-electron chi connectivity index (χ1n) is 6.42. The van der Waals surface area contributed by atoms with Crippen LogP contribution in [0.2, 0.25) is 0 Å². The van der Waals surface area contributed by atoms with Gasteiger partial charge in [-0.25, -0.2) is 0 Å². The second-order valence-corrected chi connectivity index (χ2v) is 6.11. The van der Waals surface area contributed by atoms with E-state index in [4.69, 9.17) is 4.74 Å². The molecule has 0 aliphatic carbocycles. The smallest absolute Gasteiger partial charge is 0.0480 e. The van der Waals surface area contributed by atoms with Crippen LogP contribution in [0.5, 0.6) is 0 Å². The fourth-order valence-corrected chi connectivity index (χ4v) is 3.17. The monoisotopic (exact) mass is 211 g/mol. The van der Waals surface area contributed by atoms with Crippen LogP contribution in [0.4, 0.5) is 0 Å². The number of hydrogen-bond acceptors (Lipinski definition) is 2. The van der Waals surface area contributed by atoms with E-state index in [1.807, 2.05) is 0 Å². The number of ether oxygens (including phenoxy) is 1. The lowest BCUT2D eigenvalue weighted by atomic mass is 9.84. The van der Waals surface area contributed by atoms with Crippen LogP contribution in [0.25, 0.3) is 0 Å². The second kappa shape index (κ2) is 4.42. The first-order chi connectivity index (χ1) is 7.09. The number of hydrogen-bond donors (Lipinski definition) is 0. The van der Waals surface area contributed by atoms with Gasteiger partial charge in [0.2, 0.25) is 0 Å². The van der Waals surface area contributed by atoms with E-state index in [9.17, 15) is 0 Å². The Balaban J connectivity index is 2.00. The van der Waals surface area contributed by atoms with Gasteiger partial charge in [0, 0.05) is 25.3 Å². The fraction of sp³-hybridized carbons (Fsp3) is 1.00. The molecule has 0 aromatic carbocycles. The maximum atomic E-state index is 5.45. The van der Waals surface area contributed by atoms with E-state index in [-0.39, 0.29) is 0 Å². The van der Waals surface area contributed by atoms with Gasteiger partial charge in [-0.15, -0.1) is 0 Å². The molecule has 2 saturated heterocycles. The Morgan fingerprint density at radius 3 is 2.33 bits per heavy atom. The summed E-state index contributed by atoms with van der Waals surface area (Å²) in [6.07, 6.45) is 5.26. The molecule has 2 aliphatic rings. The highest BCUT2D eigenvalue weighted by atomic mass is 16.5. The van der Waals surface area contributed by atoms with Gasteiger partial charge in [-0.2, -0.15) is 0 Å². The van der Waals surface area contributed by atoms with Gasteiger partial charge in [0.25, 0.3) is 0 Å². The molecule has 2 rings (SSSR count). The molecule has 0 aromatic heterocycles. The normalized spacial score (nSPS) is 31.0. The average Bonchev–Trinajstić information content (AvgIpc) is 2.67. The highest BCUT2D eigenvalue weighted by Crippen LogP contribution is 2.35. The molecule has 2 aliphatic heterocycles. The summed E-state index contributed by atoms with van der Waals surface area (Å²) in [4.78, 5) is 2.77. The fourth-order valence-electron chi connectivity index (χ4n) is 3.17.